The summed E-state index contributed by atoms with van der Waals surface area (Å²) in [5.74, 6) is -5.11. The first-order valence-electron chi connectivity index (χ1n) is 13.2. The molecule has 0 spiro atoms. The molecule has 1 aliphatic rings. The first-order valence-corrected chi connectivity index (χ1v) is 14.3. The highest BCUT2D eigenvalue weighted by Crippen LogP contribution is 2.26. The summed E-state index contributed by atoms with van der Waals surface area (Å²) in [7, 11) is 0. The smallest absolute Gasteiger partial charge is 0.328 e. The maximum Gasteiger partial charge on any atom is 0.328 e. The number of nitrogens with two attached hydrogens (primary N) is 1. The van der Waals surface area contributed by atoms with E-state index < -0.39 is 58.5 Å². The van der Waals surface area contributed by atoms with E-state index in [-0.39, 0.29) is 43.2 Å². The van der Waals surface area contributed by atoms with Crippen LogP contribution < -0.4 is 16.4 Å². The average Bonchev–Trinajstić information content (AvgIpc) is 3.40. The van der Waals surface area contributed by atoms with E-state index in [1.165, 1.54) is 28.8 Å². The maximum atomic E-state index is 14.8. The third-order valence-corrected chi connectivity index (χ3v) is 7.66. The van der Waals surface area contributed by atoms with Gasteiger partial charge in [0.2, 0.25) is 5.91 Å². The molecule has 2 amide bonds. The Morgan fingerprint density at radius 2 is 1.78 bits per heavy atom. The number of amides is 2. The number of thioether (sulfide) groups is 1. The van der Waals surface area contributed by atoms with Crippen molar-refractivity contribution in [2.24, 2.45) is 11.7 Å². The van der Waals surface area contributed by atoms with Crippen molar-refractivity contribution in [1.29, 1.82) is 0 Å². The van der Waals surface area contributed by atoms with Crippen LogP contribution >= 0.6 is 11.8 Å². The highest BCUT2D eigenvalue weighted by atomic mass is 32.2. The first-order chi connectivity index (χ1) is 19.4. The lowest BCUT2D eigenvalue weighted by molar-refractivity contribution is -0.145. The molecule has 224 valence electrons. The van der Waals surface area contributed by atoms with Gasteiger partial charge in [0.25, 0.3) is 5.91 Å². The molecule has 0 aromatic heterocycles. The van der Waals surface area contributed by atoms with Crippen molar-refractivity contribution in [3.8, 4) is 0 Å². The second-order valence-corrected chi connectivity index (χ2v) is 11.2. The van der Waals surface area contributed by atoms with Crippen LogP contribution in [0.4, 0.5) is 23.2 Å². The van der Waals surface area contributed by atoms with Gasteiger partial charge in [-0.15, -0.1) is 11.8 Å². The first kappa shape index (κ1) is 32.2. The van der Waals surface area contributed by atoms with Crippen molar-refractivity contribution in [3.63, 3.8) is 0 Å². The highest BCUT2D eigenvalue weighted by Gasteiger charge is 2.35. The van der Waals surface area contributed by atoms with Gasteiger partial charge in [-0.3, -0.25) is 9.59 Å². The Morgan fingerprint density at radius 1 is 1.07 bits per heavy atom. The second-order valence-electron chi connectivity index (χ2n) is 9.99. The molecule has 3 atom stereocenters. The van der Waals surface area contributed by atoms with E-state index in [2.05, 4.69) is 10.6 Å². The van der Waals surface area contributed by atoms with Crippen LogP contribution in [0, 0.1) is 29.2 Å². The van der Waals surface area contributed by atoms with E-state index >= 15 is 0 Å². The topological polar surface area (TPSA) is 114 Å². The zero-order valence-electron chi connectivity index (χ0n) is 23.0. The van der Waals surface area contributed by atoms with Crippen LogP contribution in [0.25, 0.3) is 0 Å². The number of carbonyl (C=O) groups excluding carboxylic acids is 3. The number of hydrogen-bond donors (Lipinski definition) is 3. The SMILES string of the molecule is CCOC(=O)[C@@H](Nc1ccc(CNC(=O)[C@@H]2SCCN2C(=O)C[C@H](N)Cc2cc(F)c(F)cc2F)cc1F)C(C)C. The number of anilines is 1. The molecule has 0 saturated carbocycles. The molecule has 0 aliphatic carbocycles. The van der Waals surface area contributed by atoms with Crippen molar-refractivity contribution in [1.82, 2.24) is 10.2 Å². The molecule has 0 radical (unpaired) electrons. The summed E-state index contributed by atoms with van der Waals surface area (Å²) in [4.78, 5) is 39.3. The van der Waals surface area contributed by atoms with Gasteiger partial charge in [0.15, 0.2) is 17.0 Å². The van der Waals surface area contributed by atoms with Gasteiger partial charge in [-0.25, -0.2) is 22.4 Å². The zero-order valence-corrected chi connectivity index (χ0v) is 23.8. The molecule has 4 N–H and O–H groups in total. The van der Waals surface area contributed by atoms with Crippen LogP contribution in [-0.2, 0) is 32.1 Å². The van der Waals surface area contributed by atoms with Gasteiger partial charge in [-0.05, 0) is 48.6 Å². The van der Waals surface area contributed by atoms with Crippen molar-refractivity contribution in [2.45, 2.75) is 57.6 Å². The minimum Gasteiger partial charge on any atom is -0.464 e. The Morgan fingerprint density at radius 3 is 2.44 bits per heavy atom. The van der Waals surface area contributed by atoms with Crippen LogP contribution in [0.2, 0.25) is 0 Å². The summed E-state index contributed by atoms with van der Waals surface area (Å²) >= 11 is 1.25. The van der Waals surface area contributed by atoms with Crippen LogP contribution in [0.5, 0.6) is 0 Å². The van der Waals surface area contributed by atoms with E-state index in [9.17, 15) is 31.9 Å². The van der Waals surface area contributed by atoms with Crippen LogP contribution in [-0.4, -0.2) is 59.0 Å². The standard InChI is InChI=1S/C28H34F4N4O4S/c1-4-40-28(39)25(15(2)3)35-23-6-5-16(9-22(23)32)14-34-26(38)27-36(7-8-41-27)24(37)12-18(33)10-17-11-20(30)21(31)13-19(17)29/h5-6,9,11,13,15,18,25,27,35H,4,7-8,10,12,14,33H2,1-3H3,(H,34,38)/t18-,25+,27+/m1/s1. The number of carbonyl (C=O) groups is 3. The fourth-order valence-electron chi connectivity index (χ4n) is 4.32. The lowest BCUT2D eigenvalue weighted by atomic mass is 10.0. The van der Waals surface area contributed by atoms with Crippen LogP contribution in [0.15, 0.2) is 30.3 Å². The normalized spacial score (nSPS) is 16.4. The predicted molar refractivity (Wildman–Crippen MR) is 148 cm³/mol. The molecule has 8 nitrogen and oxygen atoms in total. The summed E-state index contributed by atoms with van der Waals surface area (Å²) in [5, 5.41) is 4.74. The van der Waals surface area contributed by atoms with E-state index in [0.717, 1.165) is 0 Å². The Labute approximate surface area is 240 Å². The molecular weight excluding hydrogens is 564 g/mol. The fraction of sp³-hybridized carbons (Fsp3) is 0.464. The number of benzene rings is 2. The van der Waals surface area contributed by atoms with Gasteiger partial charge >= 0.3 is 5.97 Å². The summed E-state index contributed by atoms with van der Waals surface area (Å²) in [6.07, 6.45) is -0.424. The zero-order chi connectivity index (χ0) is 30.3. The van der Waals surface area contributed by atoms with Gasteiger partial charge in [0.1, 0.15) is 17.7 Å². The minimum absolute atomic E-state index is 0.00443. The molecule has 0 bridgehead atoms. The summed E-state index contributed by atoms with van der Waals surface area (Å²) in [5.41, 5.74) is 6.43. The summed E-state index contributed by atoms with van der Waals surface area (Å²) in [6, 6.07) is 3.85. The number of rotatable bonds is 12. The highest BCUT2D eigenvalue weighted by molar-refractivity contribution is 8.00. The van der Waals surface area contributed by atoms with Crippen molar-refractivity contribution in [2.75, 3.05) is 24.2 Å². The largest absolute Gasteiger partial charge is 0.464 e. The van der Waals surface area contributed by atoms with Gasteiger partial charge < -0.3 is 26.0 Å². The molecule has 0 unspecified atom stereocenters. The van der Waals surface area contributed by atoms with Gasteiger partial charge in [-0.2, -0.15) is 0 Å². The minimum atomic E-state index is -1.32. The number of ether oxygens (including phenoxy) is 1. The number of esters is 1. The summed E-state index contributed by atoms with van der Waals surface area (Å²) in [6.45, 7) is 5.80. The lowest BCUT2D eigenvalue weighted by Gasteiger charge is -2.24. The van der Waals surface area contributed by atoms with Crippen molar-refractivity contribution in [3.05, 3.63) is 64.7 Å². The number of hydrogen-bond acceptors (Lipinski definition) is 7. The quantitative estimate of drug-likeness (QED) is 0.194. The maximum absolute atomic E-state index is 14.8. The van der Waals surface area contributed by atoms with Crippen molar-refractivity contribution < 1.29 is 36.7 Å². The van der Waals surface area contributed by atoms with Gasteiger partial charge in [0, 0.05) is 37.4 Å². The van der Waals surface area contributed by atoms with Crippen molar-refractivity contribution >= 4 is 35.2 Å². The van der Waals surface area contributed by atoms with Gasteiger partial charge in [-0.1, -0.05) is 19.9 Å². The molecule has 2 aromatic carbocycles. The number of halogens is 4. The number of nitrogens with one attached hydrogen (secondary N) is 2. The van der Waals surface area contributed by atoms with Crippen LogP contribution in [0.3, 0.4) is 0 Å². The third-order valence-electron chi connectivity index (χ3n) is 6.46. The number of nitrogens with zero attached hydrogens (tertiary/aromatic N) is 1. The van der Waals surface area contributed by atoms with E-state index in [4.69, 9.17) is 10.5 Å². The predicted octanol–water partition coefficient (Wildman–Crippen LogP) is 3.72. The molecule has 41 heavy (non-hydrogen) atoms. The molecular formula is C28H34F4N4O4S. The molecule has 1 heterocycles. The van der Waals surface area contributed by atoms with E-state index in [0.29, 0.717) is 30.0 Å². The molecule has 2 aromatic rings. The monoisotopic (exact) mass is 598 g/mol. The Balaban J connectivity index is 1.56. The van der Waals surface area contributed by atoms with E-state index in [1.807, 2.05) is 13.8 Å². The lowest BCUT2D eigenvalue weighted by Crippen LogP contribution is -2.46. The molecule has 3 rings (SSSR count). The van der Waals surface area contributed by atoms with Crippen LogP contribution in [0.1, 0.15) is 38.3 Å². The Bertz CT molecular complexity index is 1270. The Hall–Kier alpha value is -3.32. The fourth-order valence-corrected chi connectivity index (χ4v) is 5.48. The second kappa shape index (κ2) is 14.5. The Kier molecular flexibility index (Phi) is 11.4. The van der Waals surface area contributed by atoms with Gasteiger partial charge in [0.05, 0.1) is 12.3 Å². The molecule has 1 saturated heterocycles. The average molecular weight is 599 g/mol. The molecule has 1 aliphatic heterocycles. The molecule has 1 fully saturated rings. The summed E-state index contributed by atoms with van der Waals surface area (Å²) < 4.78 is 60.5. The molecule has 13 heteroatoms. The van der Waals surface area contributed by atoms with E-state index in [1.54, 1.807) is 13.0 Å². The third kappa shape index (κ3) is 8.59.